The quantitative estimate of drug-likeness (QED) is 0.748. The highest BCUT2D eigenvalue weighted by Crippen LogP contribution is 2.24. The van der Waals surface area contributed by atoms with Crippen LogP contribution in [0.5, 0.6) is 5.75 Å². The average molecular weight is 190 g/mol. The number of hydrogen-bond acceptors (Lipinski definition) is 3. The van der Waals surface area contributed by atoms with Gasteiger partial charge in [0.25, 0.3) is 0 Å². The summed E-state index contributed by atoms with van der Waals surface area (Å²) in [5.41, 5.74) is 7.17. The van der Waals surface area contributed by atoms with Crippen LogP contribution in [-0.2, 0) is 0 Å². The van der Waals surface area contributed by atoms with Crippen LogP contribution in [0.3, 0.4) is 0 Å². The zero-order valence-corrected chi connectivity index (χ0v) is 8.36. The minimum atomic E-state index is -0.162. The molecule has 0 aliphatic carbocycles. The highest BCUT2D eigenvalue weighted by atomic mass is 16.3. The van der Waals surface area contributed by atoms with Crippen LogP contribution in [0.15, 0.2) is 18.2 Å². The van der Waals surface area contributed by atoms with E-state index in [1.54, 1.807) is 12.1 Å². The van der Waals surface area contributed by atoms with Crippen molar-refractivity contribution in [3.63, 3.8) is 0 Å². The molecule has 0 saturated heterocycles. The second-order valence-corrected chi connectivity index (χ2v) is 3.65. The monoisotopic (exact) mass is 190 g/mol. The Kier molecular flexibility index (Phi) is 3.10. The molecule has 0 fully saturated rings. The van der Waals surface area contributed by atoms with Gasteiger partial charge >= 0.3 is 0 Å². The van der Waals surface area contributed by atoms with E-state index in [2.05, 4.69) is 0 Å². The number of aromatic hydroxyl groups is 1. The fourth-order valence-corrected chi connectivity index (χ4v) is 1.29. The van der Waals surface area contributed by atoms with Crippen molar-refractivity contribution in [2.75, 3.05) is 0 Å². The number of rotatable bonds is 2. The lowest BCUT2D eigenvalue weighted by Crippen LogP contribution is -2.17. The Hall–Kier alpha value is -1.53. The van der Waals surface area contributed by atoms with E-state index >= 15 is 0 Å². The number of phenolic OH excluding ortho intramolecular Hbond substituents is 1. The summed E-state index contributed by atoms with van der Waals surface area (Å²) in [7, 11) is 0. The molecule has 3 nitrogen and oxygen atoms in total. The highest BCUT2D eigenvalue weighted by Gasteiger charge is 2.14. The lowest BCUT2D eigenvalue weighted by molar-refractivity contribution is 0.472. The first kappa shape index (κ1) is 10.6. The molecule has 0 aromatic heterocycles. The summed E-state index contributed by atoms with van der Waals surface area (Å²) < 4.78 is 0. The van der Waals surface area contributed by atoms with E-state index in [1.165, 1.54) is 6.07 Å². The summed E-state index contributed by atoms with van der Waals surface area (Å²) in [6.45, 7) is 4.00. The molecule has 3 heteroatoms. The molecule has 0 aliphatic rings. The van der Waals surface area contributed by atoms with Crippen molar-refractivity contribution in [3.8, 4) is 11.8 Å². The van der Waals surface area contributed by atoms with Crippen LogP contribution in [0, 0.1) is 17.2 Å². The second kappa shape index (κ2) is 4.12. The Morgan fingerprint density at radius 3 is 2.57 bits per heavy atom. The third-order valence-corrected chi connectivity index (χ3v) is 2.23. The zero-order chi connectivity index (χ0) is 10.7. The molecule has 0 bridgehead atoms. The molecule has 1 atom stereocenters. The Labute approximate surface area is 83.8 Å². The van der Waals surface area contributed by atoms with Crippen LogP contribution in [0.4, 0.5) is 0 Å². The Morgan fingerprint density at radius 2 is 2.07 bits per heavy atom. The van der Waals surface area contributed by atoms with Crippen molar-refractivity contribution < 1.29 is 5.11 Å². The van der Waals surface area contributed by atoms with Gasteiger partial charge in [-0.3, -0.25) is 0 Å². The van der Waals surface area contributed by atoms with Crippen molar-refractivity contribution in [3.05, 3.63) is 29.3 Å². The van der Waals surface area contributed by atoms with Gasteiger partial charge in [-0.05, 0) is 23.6 Å². The molecule has 0 spiro atoms. The predicted octanol–water partition coefficient (Wildman–Crippen LogP) is 1.92. The predicted molar refractivity (Wildman–Crippen MR) is 54.6 cm³/mol. The molecule has 0 unspecified atom stereocenters. The molecule has 0 amide bonds. The normalized spacial score (nSPS) is 12.5. The molecular formula is C11H14N2O. The first-order chi connectivity index (χ1) is 6.56. The fraction of sp³-hybridized carbons (Fsp3) is 0.364. The first-order valence-electron chi connectivity index (χ1n) is 4.55. The lowest BCUT2D eigenvalue weighted by Gasteiger charge is -2.17. The van der Waals surface area contributed by atoms with Crippen LogP contribution in [0.25, 0.3) is 0 Å². The molecule has 0 heterocycles. The topological polar surface area (TPSA) is 70.0 Å². The van der Waals surface area contributed by atoms with Gasteiger partial charge in [-0.1, -0.05) is 19.9 Å². The third kappa shape index (κ3) is 2.04. The Morgan fingerprint density at radius 1 is 1.43 bits per heavy atom. The van der Waals surface area contributed by atoms with Gasteiger partial charge in [0.15, 0.2) is 0 Å². The summed E-state index contributed by atoms with van der Waals surface area (Å²) in [5, 5.41) is 18.1. The van der Waals surface area contributed by atoms with Crippen molar-refractivity contribution >= 4 is 0 Å². The van der Waals surface area contributed by atoms with Crippen LogP contribution < -0.4 is 5.73 Å². The summed E-state index contributed by atoms with van der Waals surface area (Å²) in [6, 6.07) is 6.57. The third-order valence-electron chi connectivity index (χ3n) is 2.23. The molecular weight excluding hydrogens is 176 g/mol. The van der Waals surface area contributed by atoms with Crippen molar-refractivity contribution in [2.24, 2.45) is 11.7 Å². The second-order valence-electron chi connectivity index (χ2n) is 3.65. The van der Waals surface area contributed by atoms with E-state index in [0.29, 0.717) is 5.56 Å². The Balaban J connectivity index is 3.16. The summed E-state index contributed by atoms with van der Waals surface area (Å²) >= 11 is 0. The van der Waals surface area contributed by atoms with Gasteiger partial charge in [-0.15, -0.1) is 0 Å². The van der Waals surface area contributed by atoms with Crippen molar-refractivity contribution in [1.29, 1.82) is 5.26 Å². The minimum absolute atomic E-state index is 0.0984. The molecule has 1 aromatic rings. The lowest BCUT2D eigenvalue weighted by atomic mass is 9.93. The zero-order valence-electron chi connectivity index (χ0n) is 8.36. The van der Waals surface area contributed by atoms with E-state index in [9.17, 15) is 5.11 Å². The summed E-state index contributed by atoms with van der Waals surface area (Å²) in [5.74, 6) is 0.368. The number of benzene rings is 1. The molecule has 0 aliphatic heterocycles. The smallest absolute Gasteiger partial charge is 0.116 e. The van der Waals surface area contributed by atoms with E-state index < -0.39 is 0 Å². The maximum absolute atomic E-state index is 9.20. The van der Waals surface area contributed by atoms with Crippen molar-refractivity contribution in [1.82, 2.24) is 0 Å². The van der Waals surface area contributed by atoms with Gasteiger partial charge in [0, 0.05) is 6.04 Å². The highest BCUT2D eigenvalue weighted by molar-refractivity contribution is 5.44. The van der Waals surface area contributed by atoms with Gasteiger partial charge in [-0.25, -0.2) is 0 Å². The molecule has 1 rings (SSSR count). The van der Waals surface area contributed by atoms with Crippen LogP contribution in [0.1, 0.15) is 31.0 Å². The van der Waals surface area contributed by atoms with Gasteiger partial charge < -0.3 is 10.8 Å². The maximum Gasteiger partial charge on any atom is 0.116 e. The van der Waals surface area contributed by atoms with E-state index in [0.717, 1.165) is 5.56 Å². The van der Waals surface area contributed by atoms with Gasteiger partial charge in [-0.2, -0.15) is 5.26 Å². The summed E-state index contributed by atoms with van der Waals surface area (Å²) in [4.78, 5) is 0. The Bertz CT molecular complexity index is 366. The van der Waals surface area contributed by atoms with Gasteiger partial charge in [0.05, 0.1) is 11.6 Å². The maximum atomic E-state index is 9.20. The fourth-order valence-electron chi connectivity index (χ4n) is 1.29. The number of phenols is 1. The standard InChI is InChI=1S/C11H14N2O/c1-7(2)11(13)10-4-3-9(14)5-8(10)6-12/h3-5,7,11,14H,13H2,1-2H3/t11-/m1/s1. The summed E-state index contributed by atoms with van der Waals surface area (Å²) in [6.07, 6.45) is 0. The average Bonchev–Trinajstić information content (AvgIpc) is 2.16. The molecule has 74 valence electrons. The molecule has 3 N–H and O–H groups in total. The van der Waals surface area contributed by atoms with E-state index in [1.807, 2.05) is 19.9 Å². The molecule has 0 saturated carbocycles. The first-order valence-corrected chi connectivity index (χ1v) is 4.55. The molecule has 1 aromatic carbocycles. The number of nitriles is 1. The minimum Gasteiger partial charge on any atom is -0.508 e. The van der Waals surface area contributed by atoms with Crippen LogP contribution in [0.2, 0.25) is 0 Å². The molecule has 14 heavy (non-hydrogen) atoms. The number of nitrogens with two attached hydrogens (primary N) is 1. The van der Waals surface area contributed by atoms with Gasteiger partial charge in [0.2, 0.25) is 0 Å². The van der Waals surface area contributed by atoms with Crippen LogP contribution in [-0.4, -0.2) is 5.11 Å². The largest absolute Gasteiger partial charge is 0.508 e. The van der Waals surface area contributed by atoms with E-state index in [-0.39, 0.29) is 17.7 Å². The van der Waals surface area contributed by atoms with Crippen molar-refractivity contribution in [2.45, 2.75) is 19.9 Å². The molecule has 0 radical (unpaired) electrons. The van der Waals surface area contributed by atoms with Gasteiger partial charge in [0.1, 0.15) is 5.75 Å². The SMILES string of the molecule is CC(C)[C@@H](N)c1ccc(O)cc1C#N. The number of hydrogen-bond donors (Lipinski definition) is 2. The van der Waals surface area contributed by atoms with E-state index in [4.69, 9.17) is 11.0 Å². The van der Waals surface area contributed by atoms with Crippen LogP contribution >= 0.6 is 0 Å². The number of nitrogens with zero attached hydrogens (tertiary/aromatic N) is 1.